The normalized spacial score (nSPS) is 9.09. The molecule has 0 unspecified atom stereocenters. The Morgan fingerprint density at radius 3 is 2.55 bits per heavy atom. The average molecular weight is 163 g/mol. The standard InChI is InChI=1S/C9H9NS/c10-7-9(11)6-8-4-2-1-3-5-8/h1-5,7,10H,6H2. The Labute approximate surface area is 71.6 Å². The van der Waals surface area contributed by atoms with Crippen molar-refractivity contribution in [1.82, 2.24) is 0 Å². The molecule has 1 nitrogen and oxygen atoms in total. The van der Waals surface area contributed by atoms with Gasteiger partial charge in [-0.1, -0.05) is 42.5 Å². The number of rotatable bonds is 3. The molecule has 0 amide bonds. The molecule has 0 bridgehead atoms. The summed E-state index contributed by atoms with van der Waals surface area (Å²) in [7, 11) is 0. The lowest BCUT2D eigenvalue weighted by Crippen LogP contribution is -1.99. The van der Waals surface area contributed by atoms with Crippen LogP contribution in [0.2, 0.25) is 0 Å². The summed E-state index contributed by atoms with van der Waals surface area (Å²) < 4.78 is 0. The molecule has 0 heterocycles. The molecule has 0 aliphatic heterocycles. The molecular weight excluding hydrogens is 154 g/mol. The van der Waals surface area contributed by atoms with E-state index in [-0.39, 0.29) is 0 Å². The van der Waals surface area contributed by atoms with Gasteiger partial charge in [-0.05, 0) is 5.56 Å². The van der Waals surface area contributed by atoms with Crippen LogP contribution < -0.4 is 0 Å². The van der Waals surface area contributed by atoms with Crippen LogP contribution in [0.25, 0.3) is 0 Å². The van der Waals surface area contributed by atoms with E-state index in [1.165, 1.54) is 11.8 Å². The minimum absolute atomic E-state index is 0.677. The SMILES string of the molecule is N=CC(=S)Cc1ccccc1. The van der Waals surface area contributed by atoms with E-state index in [0.29, 0.717) is 11.3 Å². The van der Waals surface area contributed by atoms with Crippen LogP contribution in [0.5, 0.6) is 0 Å². The second kappa shape index (κ2) is 3.98. The van der Waals surface area contributed by atoms with E-state index in [0.717, 1.165) is 0 Å². The number of thiocarbonyl (C=S) groups is 1. The first-order valence-corrected chi connectivity index (χ1v) is 3.81. The summed E-state index contributed by atoms with van der Waals surface area (Å²) in [4.78, 5) is 0.677. The molecule has 1 N–H and O–H groups in total. The van der Waals surface area contributed by atoms with Gasteiger partial charge in [0.05, 0.1) is 0 Å². The number of hydrogen-bond acceptors (Lipinski definition) is 2. The van der Waals surface area contributed by atoms with E-state index in [2.05, 4.69) is 0 Å². The summed E-state index contributed by atoms with van der Waals surface area (Å²) in [6.45, 7) is 0. The van der Waals surface area contributed by atoms with Crippen LogP contribution in [0, 0.1) is 5.41 Å². The minimum Gasteiger partial charge on any atom is -0.308 e. The van der Waals surface area contributed by atoms with Gasteiger partial charge in [0, 0.05) is 17.5 Å². The van der Waals surface area contributed by atoms with Gasteiger partial charge in [0.25, 0.3) is 0 Å². The van der Waals surface area contributed by atoms with Crippen LogP contribution >= 0.6 is 12.2 Å². The molecule has 0 saturated heterocycles. The van der Waals surface area contributed by atoms with Crippen molar-refractivity contribution in [3.63, 3.8) is 0 Å². The van der Waals surface area contributed by atoms with Crippen molar-refractivity contribution in [2.24, 2.45) is 0 Å². The molecule has 56 valence electrons. The highest BCUT2D eigenvalue weighted by molar-refractivity contribution is 7.81. The van der Waals surface area contributed by atoms with E-state index in [1.807, 2.05) is 30.3 Å². The van der Waals surface area contributed by atoms with E-state index >= 15 is 0 Å². The summed E-state index contributed by atoms with van der Waals surface area (Å²) in [6, 6.07) is 9.94. The van der Waals surface area contributed by atoms with Crippen LogP contribution in [0.3, 0.4) is 0 Å². The molecule has 0 aromatic heterocycles. The molecule has 0 saturated carbocycles. The molecule has 0 spiro atoms. The van der Waals surface area contributed by atoms with E-state index < -0.39 is 0 Å². The Morgan fingerprint density at radius 1 is 1.36 bits per heavy atom. The van der Waals surface area contributed by atoms with Crippen molar-refractivity contribution >= 4 is 23.3 Å². The van der Waals surface area contributed by atoms with Gasteiger partial charge in [0.1, 0.15) is 0 Å². The zero-order chi connectivity index (χ0) is 8.10. The van der Waals surface area contributed by atoms with Crippen LogP contribution in [0.15, 0.2) is 30.3 Å². The van der Waals surface area contributed by atoms with Gasteiger partial charge in [0.15, 0.2) is 0 Å². The van der Waals surface area contributed by atoms with Gasteiger partial charge < -0.3 is 5.41 Å². The van der Waals surface area contributed by atoms with Crippen LogP contribution in [-0.2, 0) is 6.42 Å². The predicted octanol–water partition coefficient (Wildman–Crippen LogP) is 2.25. The lowest BCUT2D eigenvalue weighted by molar-refractivity contribution is 1.37. The first kappa shape index (κ1) is 8.08. The fourth-order valence-electron chi connectivity index (χ4n) is 0.848. The largest absolute Gasteiger partial charge is 0.308 e. The quantitative estimate of drug-likeness (QED) is 0.536. The summed E-state index contributed by atoms with van der Waals surface area (Å²) in [5.74, 6) is 0. The Bertz CT molecular complexity index is 254. The van der Waals surface area contributed by atoms with Crippen molar-refractivity contribution < 1.29 is 0 Å². The molecular formula is C9H9NS. The van der Waals surface area contributed by atoms with Crippen molar-refractivity contribution in [2.75, 3.05) is 0 Å². The highest BCUT2D eigenvalue weighted by Crippen LogP contribution is 1.99. The van der Waals surface area contributed by atoms with Crippen molar-refractivity contribution in [1.29, 1.82) is 5.41 Å². The number of benzene rings is 1. The number of hydrogen-bond donors (Lipinski definition) is 1. The molecule has 1 aromatic rings. The minimum atomic E-state index is 0.677. The Hall–Kier alpha value is -1.02. The molecule has 11 heavy (non-hydrogen) atoms. The zero-order valence-electron chi connectivity index (χ0n) is 6.08. The molecule has 2 heteroatoms. The van der Waals surface area contributed by atoms with Crippen LogP contribution in [-0.4, -0.2) is 11.1 Å². The second-order valence-electron chi connectivity index (χ2n) is 2.27. The van der Waals surface area contributed by atoms with E-state index in [9.17, 15) is 0 Å². The summed E-state index contributed by atoms with van der Waals surface area (Å²) in [5, 5.41) is 6.89. The van der Waals surface area contributed by atoms with Gasteiger partial charge in [0.2, 0.25) is 0 Å². The first-order valence-electron chi connectivity index (χ1n) is 3.40. The molecule has 0 fully saturated rings. The maximum Gasteiger partial charge on any atom is 0.0371 e. The van der Waals surface area contributed by atoms with Gasteiger partial charge >= 0.3 is 0 Å². The lowest BCUT2D eigenvalue weighted by Gasteiger charge is -1.96. The summed E-state index contributed by atoms with van der Waals surface area (Å²) >= 11 is 4.89. The topological polar surface area (TPSA) is 23.9 Å². The summed E-state index contributed by atoms with van der Waals surface area (Å²) in [5.41, 5.74) is 1.17. The average Bonchev–Trinajstić information content (AvgIpc) is 2.06. The molecule has 0 radical (unpaired) electrons. The van der Waals surface area contributed by atoms with Crippen molar-refractivity contribution in [2.45, 2.75) is 6.42 Å². The third-order valence-corrected chi connectivity index (χ3v) is 1.64. The smallest absolute Gasteiger partial charge is 0.0371 e. The Morgan fingerprint density at radius 2 is 2.00 bits per heavy atom. The highest BCUT2D eigenvalue weighted by atomic mass is 32.1. The fourth-order valence-corrected chi connectivity index (χ4v) is 1.01. The third-order valence-electron chi connectivity index (χ3n) is 1.38. The van der Waals surface area contributed by atoms with Gasteiger partial charge in [-0.2, -0.15) is 0 Å². The predicted molar refractivity (Wildman–Crippen MR) is 51.5 cm³/mol. The monoisotopic (exact) mass is 163 g/mol. The highest BCUT2D eigenvalue weighted by Gasteiger charge is 1.93. The van der Waals surface area contributed by atoms with Crippen molar-refractivity contribution in [3.8, 4) is 0 Å². The Kier molecular flexibility index (Phi) is 2.93. The molecule has 0 aliphatic carbocycles. The Balaban J connectivity index is 2.65. The maximum atomic E-state index is 6.89. The molecule has 1 rings (SSSR count). The van der Waals surface area contributed by atoms with Crippen LogP contribution in [0.1, 0.15) is 5.56 Å². The first-order chi connectivity index (χ1) is 5.33. The third kappa shape index (κ3) is 2.60. The summed E-state index contributed by atoms with van der Waals surface area (Å²) in [6.07, 6.45) is 1.93. The number of nitrogens with one attached hydrogen (secondary N) is 1. The van der Waals surface area contributed by atoms with E-state index in [4.69, 9.17) is 17.6 Å². The lowest BCUT2D eigenvalue weighted by atomic mass is 10.1. The molecule has 0 atom stereocenters. The fraction of sp³-hybridized carbons (Fsp3) is 0.111. The van der Waals surface area contributed by atoms with E-state index in [1.54, 1.807) is 0 Å². The maximum absolute atomic E-state index is 6.89. The van der Waals surface area contributed by atoms with Crippen LogP contribution in [0.4, 0.5) is 0 Å². The van der Waals surface area contributed by atoms with Gasteiger partial charge in [-0.25, -0.2) is 0 Å². The molecule has 1 aromatic carbocycles. The zero-order valence-corrected chi connectivity index (χ0v) is 6.90. The van der Waals surface area contributed by atoms with Gasteiger partial charge in [-0.3, -0.25) is 0 Å². The van der Waals surface area contributed by atoms with Crippen molar-refractivity contribution in [3.05, 3.63) is 35.9 Å². The second-order valence-corrected chi connectivity index (χ2v) is 2.80. The van der Waals surface area contributed by atoms with Gasteiger partial charge in [-0.15, -0.1) is 0 Å². The molecule has 0 aliphatic rings.